The third-order valence-electron chi connectivity index (χ3n) is 8.63. The molecular formula is C34H34N2O6. The zero-order valence-electron chi connectivity index (χ0n) is 23.9. The van der Waals surface area contributed by atoms with Gasteiger partial charge in [0, 0.05) is 35.2 Å². The van der Waals surface area contributed by atoms with E-state index in [-0.39, 0.29) is 22.7 Å². The zero-order valence-corrected chi connectivity index (χ0v) is 23.9. The van der Waals surface area contributed by atoms with Crippen LogP contribution in [0.15, 0.2) is 97.1 Å². The highest BCUT2D eigenvalue weighted by Gasteiger charge is 2.45. The lowest BCUT2D eigenvalue weighted by molar-refractivity contribution is -0.385. The summed E-state index contributed by atoms with van der Waals surface area (Å²) in [6.07, 6.45) is 2.97. The van der Waals surface area contributed by atoms with Gasteiger partial charge in [-0.05, 0) is 79.0 Å². The number of hydrogen-bond donors (Lipinski definition) is 0. The molecule has 4 aromatic carbocycles. The molecule has 8 heteroatoms. The van der Waals surface area contributed by atoms with Crippen LogP contribution in [0.5, 0.6) is 23.0 Å². The molecule has 1 aliphatic carbocycles. The first kappa shape index (κ1) is 28.8. The van der Waals surface area contributed by atoms with Crippen LogP contribution in [0.2, 0.25) is 0 Å². The average molecular weight is 567 g/mol. The first-order chi connectivity index (χ1) is 20.2. The molecule has 0 N–H and O–H groups in total. The molecule has 0 amide bonds. The second-order valence-corrected chi connectivity index (χ2v) is 11.5. The number of para-hydroxylation sites is 2. The second kappa shape index (κ2) is 12.0. The molecule has 3 atom stereocenters. The molecule has 4 aromatic rings. The van der Waals surface area contributed by atoms with E-state index < -0.39 is 9.85 Å². The van der Waals surface area contributed by atoms with Crippen molar-refractivity contribution in [3.8, 4) is 23.0 Å². The summed E-state index contributed by atoms with van der Waals surface area (Å²) in [6, 6.07) is 28.3. The van der Waals surface area contributed by atoms with Crippen molar-refractivity contribution in [2.24, 2.45) is 11.8 Å². The zero-order chi connectivity index (χ0) is 29.9. The quantitative estimate of drug-likeness (QED) is 0.148. The second-order valence-electron chi connectivity index (χ2n) is 11.5. The summed E-state index contributed by atoms with van der Waals surface area (Å²) in [5, 5.41) is 22.3. The van der Waals surface area contributed by atoms with E-state index >= 15 is 0 Å². The number of rotatable bonds is 9. The molecule has 1 saturated carbocycles. The maximum absolute atomic E-state index is 11.1. The number of benzene rings is 4. The fourth-order valence-corrected chi connectivity index (χ4v) is 6.15. The summed E-state index contributed by atoms with van der Waals surface area (Å²) in [5.41, 5.74) is 1.87. The van der Waals surface area contributed by atoms with E-state index in [0.29, 0.717) is 23.3 Å². The largest absolute Gasteiger partial charge is 0.457 e. The Morgan fingerprint density at radius 3 is 1.79 bits per heavy atom. The van der Waals surface area contributed by atoms with Crippen LogP contribution in [0.4, 0.5) is 11.4 Å². The summed E-state index contributed by atoms with van der Waals surface area (Å²) in [7, 11) is 0. The van der Waals surface area contributed by atoms with Gasteiger partial charge < -0.3 is 9.47 Å². The van der Waals surface area contributed by atoms with Gasteiger partial charge in [0.15, 0.2) is 0 Å². The van der Waals surface area contributed by atoms with Crippen molar-refractivity contribution in [2.75, 3.05) is 0 Å². The molecule has 216 valence electrons. The predicted octanol–water partition coefficient (Wildman–Crippen LogP) is 9.59. The van der Waals surface area contributed by atoms with Gasteiger partial charge >= 0.3 is 0 Å². The molecule has 1 aliphatic rings. The monoisotopic (exact) mass is 566 g/mol. The summed E-state index contributed by atoms with van der Waals surface area (Å²) < 4.78 is 12.7. The van der Waals surface area contributed by atoms with Crippen LogP contribution in [0, 0.1) is 32.1 Å². The lowest BCUT2D eigenvalue weighted by Crippen LogP contribution is -2.38. The van der Waals surface area contributed by atoms with Gasteiger partial charge in [0.2, 0.25) is 0 Å². The Morgan fingerprint density at radius 1 is 0.738 bits per heavy atom. The topological polar surface area (TPSA) is 105 Å². The third-order valence-corrected chi connectivity index (χ3v) is 8.63. The molecule has 0 aliphatic heterocycles. The molecule has 0 heterocycles. The van der Waals surface area contributed by atoms with E-state index in [2.05, 4.69) is 32.9 Å². The first-order valence-electron chi connectivity index (χ1n) is 14.2. The van der Waals surface area contributed by atoms with E-state index in [1.807, 2.05) is 36.4 Å². The maximum atomic E-state index is 11.1. The molecule has 5 rings (SSSR count). The van der Waals surface area contributed by atoms with Crippen LogP contribution in [0.25, 0.3) is 0 Å². The minimum atomic E-state index is -0.424. The maximum Gasteiger partial charge on any atom is 0.269 e. The van der Waals surface area contributed by atoms with E-state index in [1.54, 1.807) is 24.3 Å². The highest BCUT2D eigenvalue weighted by Crippen LogP contribution is 2.56. The van der Waals surface area contributed by atoms with Gasteiger partial charge in [0.1, 0.15) is 23.0 Å². The van der Waals surface area contributed by atoms with Crippen LogP contribution in [-0.4, -0.2) is 9.85 Å². The van der Waals surface area contributed by atoms with Crippen LogP contribution in [0.3, 0.4) is 0 Å². The van der Waals surface area contributed by atoms with Gasteiger partial charge in [-0.25, -0.2) is 0 Å². The Kier molecular flexibility index (Phi) is 8.24. The van der Waals surface area contributed by atoms with E-state index in [1.165, 1.54) is 24.3 Å². The molecular weight excluding hydrogens is 532 g/mol. The Balaban J connectivity index is 1.54. The SMILES string of the molecule is CC(C)C1CCC(C)(c2ccccc2Oc2ccc([N+](=O)[O-])cc2)C(c2ccccc2Oc2ccc([N+](=O)[O-])cc2)C1. The van der Waals surface area contributed by atoms with Crippen LogP contribution >= 0.6 is 0 Å². The third kappa shape index (κ3) is 5.98. The van der Waals surface area contributed by atoms with Crippen molar-refractivity contribution < 1.29 is 19.3 Å². The molecule has 1 fully saturated rings. The molecule has 0 aromatic heterocycles. The predicted molar refractivity (Wildman–Crippen MR) is 161 cm³/mol. The lowest BCUT2D eigenvalue weighted by Gasteiger charge is -2.47. The van der Waals surface area contributed by atoms with Crippen molar-refractivity contribution in [1.82, 2.24) is 0 Å². The van der Waals surface area contributed by atoms with Crippen LogP contribution in [0.1, 0.15) is 57.1 Å². The molecule has 0 spiro atoms. The van der Waals surface area contributed by atoms with Crippen molar-refractivity contribution in [2.45, 2.75) is 51.4 Å². The van der Waals surface area contributed by atoms with Crippen LogP contribution in [-0.2, 0) is 5.41 Å². The van der Waals surface area contributed by atoms with Crippen molar-refractivity contribution >= 4 is 11.4 Å². The Morgan fingerprint density at radius 2 is 1.24 bits per heavy atom. The molecule has 0 saturated heterocycles. The first-order valence-corrected chi connectivity index (χ1v) is 14.2. The van der Waals surface area contributed by atoms with E-state index in [0.717, 1.165) is 41.9 Å². The fourth-order valence-electron chi connectivity index (χ4n) is 6.15. The Hall–Kier alpha value is -4.72. The molecule has 42 heavy (non-hydrogen) atoms. The van der Waals surface area contributed by atoms with Crippen molar-refractivity contribution in [1.29, 1.82) is 0 Å². The minimum absolute atomic E-state index is 0.0132. The summed E-state index contributed by atoms with van der Waals surface area (Å²) in [6.45, 7) is 6.83. The van der Waals surface area contributed by atoms with E-state index in [9.17, 15) is 20.2 Å². The summed E-state index contributed by atoms with van der Waals surface area (Å²) >= 11 is 0. The number of hydrogen-bond acceptors (Lipinski definition) is 6. The van der Waals surface area contributed by atoms with Gasteiger partial charge in [-0.2, -0.15) is 0 Å². The number of nitro benzene ring substituents is 2. The highest BCUT2D eigenvalue weighted by molar-refractivity contribution is 5.50. The standard InChI is InChI=1S/C34H34N2O6/c1-23(2)24-20-21-34(3,30-9-5-7-11-33(30)42-28-18-14-26(15-19-28)36(39)40)31(22-24)29-8-4-6-10-32(29)41-27-16-12-25(13-17-27)35(37)38/h4-19,23-24,31H,20-22H2,1-3H3. The molecule has 8 nitrogen and oxygen atoms in total. The smallest absolute Gasteiger partial charge is 0.269 e. The normalized spacial score (nSPS) is 20.2. The highest BCUT2D eigenvalue weighted by atomic mass is 16.6. The van der Waals surface area contributed by atoms with E-state index in [4.69, 9.17) is 9.47 Å². The molecule has 0 radical (unpaired) electrons. The van der Waals surface area contributed by atoms with Crippen LogP contribution < -0.4 is 9.47 Å². The lowest BCUT2D eigenvalue weighted by atomic mass is 9.57. The van der Waals surface area contributed by atoms with Gasteiger partial charge in [-0.15, -0.1) is 0 Å². The fraction of sp³-hybridized carbons (Fsp3) is 0.294. The van der Waals surface area contributed by atoms with Crippen molar-refractivity contribution in [3.63, 3.8) is 0 Å². The number of nitro groups is 2. The summed E-state index contributed by atoms with van der Waals surface area (Å²) in [5.74, 6) is 3.65. The Labute approximate surface area is 245 Å². The number of non-ortho nitro benzene ring substituents is 2. The average Bonchev–Trinajstić information content (AvgIpc) is 2.98. The molecule has 0 bridgehead atoms. The Bertz CT molecular complexity index is 1570. The van der Waals surface area contributed by atoms with Crippen molar-refractivity contribution in [3.05, 3.63) is 128 Å². The van der Waals surface area contributed by atoms with Gasteiger partial charge in [0.05, 0.1) is 9.85 Å². The van der Waals surface area contributed by atoms with Gasteiger partial charge in [0.25, 0.3) is 11.4 Å². The minimum Gasteiger partial charge on any atom is -0.457 e. The summed E-state index contributed by atoms with van der Waals surface area (Å²) in [4.78, 5) is 21.4. The van der Waals surface area contributed by atoms with Gasteiger partial charge in [-0.1, -0.05) is 57.2 Å². The molecule has 3 unspecified atom stereocenters. The van der Waals surface area contributed by atoms with Gasteiger partial charge in [-0.3, -0.25) is 20.2 Å². The number of nitrogens with zero attached hydrogens (tertiary/aromatic N) is 2. The number of ether oxygens (including phenoxy) is 2.